The molecule has 1 aliphatic rings. The van der Waals surface area contributed by atoms with Gasteiger partial charge in [0, 0.05) is 62.3 Å². The number of halogens is 5. The zero-order valence-electron chi connectivity index (χ0n) is 42.9. The zero-order valence-corrected chi connectivity index (χ0v) is 46.1. The van der Waals surface area contributed by atoms with E-state index in [0.717, 1.165) is 53.8 Å². The number of rotatable bonds is 7. The largest absolute Gasteiger partial charge is 0.500 e. The Hall–Kier alpha value is -6.38. The third kappa shape index (κ3) is 15.6. The van der Waals surface area contributed by atoms with Gasteiger partial charge in [0.25, 0.3) is 11.1 Å². The first kappa shape index (κ1) is 58.5. The second kappa shape index (κ2) is 25.7. The van der Waals surface area contributed by atoms with Crippen LogP contribution in [-0.4, -0.2) is 47.9 Å². The van der Waals surface area contributed by atoms with Crippen molar-refractivity contribution in [3.8, 4) is 11.1 Å². The van der Waals surface area contributed by atoms with Crippen LogP contribution in [-0.2, 0) is 9.31 Å². The van der Waals surface area contributed by atoms with Gasteiger partial charge >= 0.3 is 7.12 Å². The lowest BCUT2D eigenvalue weighted by Gasteiger charge is -2.32. The Morgan fingerprint density at radius 1 is 0.608 bits per heavy atom. The number of nitrogens with zero attached hydrogens (tertiary/aromatic N) is 4. The van der Waals surface area contributed by atoms with Gasteiger partial charge in [0.1, 0.15) is 29.0 Å². The summed E-state index contributed by atoms with van der Waals surface area (Å²) in [5.74, 6) is 0.544. The summed E-state index contributed by atoms with van der Waals surface area (Å²) in [4.78, 5) is 36.8. The fourth-order valence-corrected chi connectivity index (χ4v) is 8.03. The molecule has 74 heavy (non-hydrogen) atoms. The van der Waals surface area contributed by atoms with Crippen molar-refractivity contribution in [1.29, 1.82) is 0 Å². The van der Waals surface area contributed by atoms with Crippen LogP contribution in [0.2, 0.25) is 0 Å². The van der Waals surface area contributed by atoms with Gasteiger partial charge in [-0.25, -0.2) is 13.2 Å². The molecule has 2 N–H and O–H groups in total. The minimum absolute atomic E-state index is 0.0757. The van der Waals surface area contributed by atoms with E-state index in [-0.39, 0.29) is 64.5 Å². The van der Waals surface area contributed by atoms with Gasteiger partial charge in [-0.3, -0.25) is 14.4 Å². The van der Waals surface area contributed by atoms with E-state index in [1.807, 2.05) is 75.3 Å². The number of aliphatic hydroxyl groups excluding tert-OH is 1. The summed E-state index contributed by atoms with van der Waals surface area (Å²) in [7, 11) is -0.378. The molecule has 5 aromatic heterocycles. The molecule has 9 rings (SSSR count). The number of H-pyrrole nitrogens is 1. The molecule has 3 unspecified atom stereocenters. The standard InChI is InChI=1S/C18H17FN2O2.C13H11BrFNO.C11H18BNO3.C8H9FO.C5H4BrNO/c1-11-18(13(3)23-20-11)15-7-8-17(22)21(10-15)12(2)14-5-4-6-16(19)9-14;1-9(10-3-2-4-12(15)7-10)16-8-11(14)5-6-13(16)17;1-7-9(8(2)14-13-7)12-15-10(3,4)11(5,6)16-12;1-6(10)7-3-2-4-8(9)5-7;6-4-1-2-5(8)7-3-4/h4-10,12H,1-3H3;2-9H,1H3;1-6H3;2-6,10H,1H3;1-3H,(H,7,8). The van der Waals surface area contributed by atoms with E-state index in [0.29, 0.717) is 11.3 Å². The van der Waals surface area contributed by atoms with E-state index in [1.165, 1.54) is 54.6 Å². The van der Waals surface area contributed by atoms with Crippen LogP contribution < -0.4 is 22.1 Å². The van der Waals surface area contributed by atoms with Gasteiger partial charge in [-0.2, -0.15) is 0 Å². The number of nitrogens with one attached hydrogen (secondary N) is 1. The summed E-state index contributed by atoms with van der Waals surface area (Å²) in [6.07, 6.45) is 4.49. The molecule has 3 atom stereocenters. The topological polar surface area (TPSA) is 168 Å². The maximum atomic E-state index is 13.4. The predicted octanol–water partition coefficient (Wildman–Crippen LogP) is 11.8. The first-order valence-electron chi connectivity index (χ1n) is 23.4. The van der Waals surface area contributed by atoms with E-state index < -0.39 is 6.10 Å². The lowest BCUT2D eigenvalue weighted by atomic mass is 9.77. The van der Waals surface area contributed by atoms with Gasteiger partial charge in [-0.05, 0) is 179 Å². The van der Waals surface area contributed by atoms with Crippen molar-refractivity contribution in [2.75, 3.05) is 0 Å². The molecular formula is C55H59BBr2F3N5O8. The summed E-state index contributed by atoms with van der Waals surface area (Å²) in [6, 6.07) is 27.6. The maximum Gasteiger partial charge on any atom is 0.500 e. The van der Waals surface area contributed by atoms with E-state index >= 15 is 0 Å². The zero-order chi connectivity index (χ0) is 54.7. The lowest BCUT2D eigenvalue weighted by molar-refractivity contribution is 0.00578. The van der Waals surface area contributed by atoms with Crippen LogP contribution in [0.15, 0.2) is 160 Å². The first-order chi connectivity index (χ1) is 34.8. The van der Waals surface area contributed by atoms with Crippen molar-refractivity contribution < 1.29 is 36.6 Å². The van der Waals surface area contributed by atoms with Crippen LogP contribution >= 0.6 is 31.9 Å². The number of aryl methyl sites for hydroxylation is 4. The first-order valence-corrected chi connectivity index (χ1v) is 25.0. The summed E-state index contributed by atoms with van der Waals surface area (Å²) in [5.41, 5.74) is 5.39. The minimum Gasteiger partial charge on any atom is -0.399 e. The Bertz CT molecular complexity index is 3260. The smallest absolute Gasteiger partial charge is 0.399 e. The van der Waals surface area contributed by atoms with Gasteiger partial charge in [-0.1, -0.05) is 46.7 Å². The average molecular weight is 1150 g/mol. The van der Waals surface area contributed by atoms with Crippen molar-refractivity contribution >= 4 is 44.4 Å². The molecule has 8 aromatic rings. The fourth-order valence-electron chi connectivity index (χ4n) is 7.43. The summed E-state index contributed by atoms with van der Waals surface area (Å²) in [5, 5.41) is 16.9. The van der Waals surface area contributed by atoms with Gasteiger partial charge in [-0.15, -0.1) is 0 Å². The SMILES string of the molecule is CC(O)c1cccc(F)c1.CC(c1cccc(F)c1)n1cc(Br)ccc1=O.Cc1noc(C)c1-c1ccc(=O)n(C(C)c2cccc(F)c2)c1.Cc1noc(C)c1B1OC(C)(C)C(C)(C)O1.O=c1ccc(Br)c[nH]1. The number of benzene rings is 3. The van der Waals surface area contributed by atoms with E-state index in [4.69, 9.17) is 23.5 Å². The van der Waals surface area contributed by atoms with Crippen LogP contribution in [0.5, 0.6) is 0 Å². The monoisotopic (exact) mass is 1140 g/mol. The molecular weight excluding hydrogens is 1090 g/mol. The molecule has 6 heterocycles. The molecule has 13 nitrogen and oxygen atoms in total. The highest BCUT2D eigenvalue weighted by Gasteiger charge is 2.53. The second-order valence-corrected chi connectivity index (χ2v) is 20.2. The van der Waals surface area contributed by atoms with Gasteiger partial charge < -0.3 is 37.6 Å². The third-order valence-electron chi connectivity index (χ3n) is 12.3. The Kier molecular flexibility index (Phi) is 20.3. The van der Waals surface area contributed by atoms with Crippen LogP contribution in [0.25, 0.3) is 11.1 Å². The van der Waals surface area contributed by atoms with Crippen LogP contribution in [0.3, 0.4) is 0 Å². The Morgan fingerprint density at radius 2 is 1.07 bits per heavy atom. The Labute approximate surface area is 444 Å². The highest BCUT2D eigenvalue weighted by molar-refractivity contribution is 9.10. The molecule has 0 aliphatic carbocycles. The van der Waals surface area contributed by atoms with E-state index in [9.17, 15) is 27.6 Å². The van der Waals surface area contributed by atoms with Crippen molar-refractivity contribution in [3.63, 3.8) is 0 Å². The van der Waals surface area contributed by atoms with E-state index in [2.05, 4.69) is 47.2 Å². The average Bonchev–Trinajstić information content (AvgIpc) is 3.95. The predicted molar refractivity (Wildman–Crippen MR) is 288 cm³/mol. The highest BCUT2D eigenvalue weighted by atomic mass is 79.9. The molecule has 19 heteroatoms. The van der Waals surface area contributed by atoms with E-state index in [1.54, 1.807) is 83.2 Å². The molecule has 0 amide bonds. The Morgan fingerprint density at radius 3 is 1.49 bits per heavy atom. The molecule has 3 aromatic carbocycles. The summed E-state index contributed by atoms with van der Waals surface area (Å²) >= 11 is 6.49. The summed E-state index contributed by atoms with van der Waals surface area (Å²) in [6.45, 7) is 20.9. The molecule has 390 valence electrons. The number of aromatic amines is 1. The number of hydrogen-bond acceptors (Lipinski definition) is 10. The van der Waals surface area contributed by atoms with Crippen molar-refractivity contribution in [2.45, 2.75) is 106 Å². The molecule has 1 fully saturated rings. The quantitative estimate of drug-likeness (QED) is 0.147. The molecule has 1 saturated heterocycles. The minimum atomic E-state index is -0.587. The second-order valence-electron chi connectivity index (χ2n) is 18.3. The number of aliphatic hydroxyl groups is 1. The normalized spacial score (nSPS) is 14.4. The summed E-state index contributed by atoms with van der Waals surface area (Å²) < 4.78 is 66.1. The fraction of sp³-hybridized carbons (Fsp3) is 0.291. The number of aromatic nitrogens is 5. The van der Waals surface area contributed by atoms with Crippen LogP contribution in [0.1, 0.15) is 106 Å². The molecule has 0 spiro atoms. The number of hydrogen-bond donors (Lipinski definition) is 2. The Balaban J connectivity index is 0.000000179. The number of pyridine rings is 3. The molecule has 0 radical (unpaired) electrons. The molecule has 0 saturated carbocycles. The van der Waals surface area contributed by atoms with Gasteiger partial charge in [0.2, 0.25) is 5.56 Å². The van der Waals surface area contributed by atoms with Crippen LogP contribution in [0, 0.1) is 45.1 Å². The van der Waals surface area contributed by atoms with Gasteiger partial charge in [0.05, 0.1) is 40.8 Å². The highest BCUT2D eigenvalue weighted by Crippen LogP contribution is 2.37. The van der Waals surface area contributed by atoms with Crippen molar-refractivity contribution in [2.24, 2.45) is 0 Å². The third-order valence-corrected chi connectivity index (χ3v) is 13.3. The van der Waals surface area contributed by atoms with Gasteiger partial charge in [0.15, 0.2) is 0 Å². The van der Waals surface area contributed by atoms with Crippen molar-refractivity contribution in [3.05, 3.63) is 225 Å². The molecule has 1 aliphatic heterocycles. The van der Waals surface area contributed by atoms with Crippen molar-refractivity contribution in [1.82, 2.24) is 24.4 Å². The van der Waals surface area contributed by atoms with Crippen LogP contribution in [0.4, 0.5) is 13.2 Å². The maximum absolute atomic E-state index is 13.4. The lowest BCUT2D eigenvalue weighted by Crippen LogP contribution is -2.41. The molecule has 0 bridgehead atoms.